The number of fused-ring (bicyclic) bond motifs is 1. The molecule has 0 spiro atoms. The summed E-state index contributed by atoms with van der Waals surface area (Å²) < 4.78 is 24.7. The van der Waals surface area contributed by atoms with E-state index in [1.54, 1.807) is 12.1 Å². The predicted molar refractivity (Wildman–Crippen MR) is 124 cm³/mol. The Kier molecular flexibility index (Phi) is 5.62. The number of piperazine rings is 1. The minimum absolute atomic E-state index is 0.0565. The first-order valence-electron chi connectivity index (χ1n) is 11.2. The van der Waals surface area contributed by atoms with Gasteiger partial charge in [-0.2, -0.15) is 0 Å². The number of ether oxygens (including phenoxy) is 2. The van der Waals surface area contributed by atoms with Gasteiger partial charge in [-0.05, 0) is 61.3 Å². The molecule has 0 aliphatic carbocycles. The lowest BCUT2D eigenvalue weighted by atomic mass is 9.86. The normalized spacial score (nSPS) is 22.1. The molecule has 2 atom stereocenters. The Morgan fingerprint density at radius 1 is 0.906 bits per heavy atom. The average molecular weight is 433 g/mol. The largest absolute Gasteiger partial charge is 0.454 e. The van der Waals surface area contributed by atoms with Crippen LogP contribution in [0.15, 0.2) is 72.8 Å². The Hall–Kier alpha value is -2.89. The quantitative estimate of drug-likeness (QED) is 0.573. The molecule has 1 saturated heterocycles. The van der Waals surface area contributed by atoms with Gasteiger partial charge >= 0.3 is 0 Å². The second-order valence-electron chi connectivity index (χ2n) is 9.12. The van der Waals surface area contributed by atoms with Gasteiger partial charge in [0.25, 0.3) is 0 Å². The zero-order chi connectivity index (χ0) is 22.1. The van der Waals surface area contributed by atoms with Crippen LogP contribution in [0.1, 0.15) is 29.7 Å². The molecule has 1 fully saturated rings. The first-order chi connectivity index (χ1) is 15.5. The van der Waals surface area contributed by atoms with E-state index < -0.39 is 0 Å². The summed E-state index contributed by atoms with van der Waals surface area (Å²) in [5, 5.41) is 0. The smallest absolute Gasteiger partial charge is 0.231 e. The Morgan fingerprint density at radius 3 is 2.41 bits per heavy atom. The molecular weight excluding hydrogens is 403 g/mol. The molecule has 2 unspecified atom stereocenters. The summed E-state index contributed by atoms with van der Waals surface area (Å²) in [5.41, 5.74) is 3.53. The van der Waals surface area contributed by atoms with Crippen molar-refractivity contribution in [3.05, 3.63) is 95.3 Å². The molecule has 0 aromatic heterocycles. The Bertz CT molecular complexity index is 1070. The second kappa shape index (κ2) is 8.57. The number of likely N-dealkylation sites (N-methyl/N-ethyl adjacent to an activating group) is 1. The molecule has 2 aliphatic rings. The van der Waals surface area contributed by atoms with E-state index in [-0.39, 0.29) is 17.4 Å². The van der Waals surface area contributed by atoms with Crippen molar-refractivity contribution in [3.63, 3.8) is 0 Å². The van der Waals surface area contributed by atoms with Crippen LogP contribution in [-0.2, 0) is 6.42 Å². The lowest BCUT2D eigenvalue weighted by Gasteiger charge is -2.50. The fourth-order valence-electron chi connectivity index (χ4n) is 4.98. The van der Waals surface area contributed by atoms with Crippen LogP contribution in [0, 0.1) is 5.82 Å². The van der Waals surface area contributed by atoms with Crippen LogP contribution in [0.25, 0.3) is 0 Å². The van der Waals surface area contributed by atoms with Gasteiger partial charge in [-0.25, -0.2) is 4.39 Å². The van der Waals surface area contributed by atoms with Gasteiger partial charge in [0.15, 0.2) is 11.5 Å². The van der Waals surface area contributed by atoms with Crippen molar-refractivity contribution < 1.29 is 13.9 Å². The van der Waals surface area contributed by atoms with Crippen molar-refractivity contribution in [2.24, 2.45) is 0 Å². The van der Waals surface area contributed by atoms with Crippen LogP contribution in [0.2, 0.25) is 0 Å². The van der Waals surface area contributed by atoms with E-state index in [9.17, 15) is 4.39 Å². The number of hydrogen-bond acceptors (Lipinski definition) is 4. The maximum absolute atomic E-state index is 13.7. The molecule has 3 aromatic carbocycles. The maximum atomic E-state index is 13.7. The first-order valence-corrected chi connectivity index (χ1v) is 11.2. The minimum Gasteiger partial charge on any atom is -0.454 e. The number of nitrogens with zero attached hydrogens (tertiary/aromatic N) is 2. The monoisotopic (exact) mass is 432 g/mol. The van der Waals surface area contributed by atoms with Crippen molar-refractivity contribution in [1.82, 2.24) is 9.80 Å². The predicted octanol–water partition coefficient (Wildman–Crippen LogP) is 4.89. The van der Waals surface area contributed by atoms with Gasteiger partial charge in [-0.1, -0.05) is 48.5 Å². The summed E-state index contributed by atoms with van der Waals surface area (Å²) in [6, 6.07) is 23.8. The van der Waals surface area contributed by atoms with Crippen molar-refractivity contribution in [2.45, 2.75) is 24.9 Å². The lowest BCUT2D eigenvalue weighted by Crippen LogP contribution is -2.60. The Balaban J connectivity index is 1.45. The molecule has 0 N–H and O–H groups in total. The lowest BCUT2D eigenvalue weighted by molar-refractivity contribution is 0.0133. The Morgan fingerprint density at radius 2 is 1.62 bits per heavy atom. The zero-order valence-corrected chi connectivity index (χ0v) is 18.6. The summed E-state index contributed by atoms with van der Waals surface area (Å²) in [5.74, 6) is 1.44. The third-order valence-electron chi connectivity index (χ3n) is 6.88. The minimum atomic E-state index is -0.202. The summed E-state index contributed by atoms with van der Waals surface area (Å²) >= 11 is 0. The molecule has 0 radical (unpaired) electrons. The van der Waals surface area contributed by atoms with Crippen molar-refractivity contribution in [3.8, 4) is 11.5 Å². The molecule has 0 amide bonds. The van der Waals surface area contributed by atoms with Crippen LogP contribution < -0.4 is 9.47 Å². The van der Waals surface area contributed by atoms with E-state index in [1.807, 2.05) is 24.3 Å². The van der Waals surface area contributed by atoms with Gasteiger partial charge in [-0.15, -0.1) is 0 Å². The molecular formula is C27H29FN2O2. The highest BCUT2D eigenvalue weighted by atomic mass is 19.1. The molecule has 0 bridgehead atoms. The second-order valence-corrected chi connectivity index (χ2v) is 9.12. The third-order valence-corrected chi connectivity index (χ3v) is 6.88. The highest BCUT2D eigenvalue weighted by molar-refractivity contribution is 5.45. The van der Waals surface area contributed by atoms with Crippen molar-refractivity contribution >= 4 is 0 Å². The first kappa shape index (κ1) is 21.0. The van der Waals surface area contributed by atoms with Crippen LogP contribution in [0.5, 0.6) is 11.5 Å². The van der Waals surface area contributed by atoms with Crippen molar-refractivity contribution in [1.29, 1.82) is 0 Å². The van der Waals surface area contributed by atoms with E-state index in [2.05, 4.69) is 60.2 Å². The third kappa shape index (κ3) is 4.10. The van der Waals surface area contributed by atoms with E-state index in [4.69, 9.17) is 9.47 Å². The van der Waals surface area contributed by atoms with E-state index in [0.29, 0.717) is 6.79 Å². The zero-order valence-electron chi connectivity index (χ0n) is 18.6. The average Bonchev–Trinajstić information content (AvgIpc) is 3.26. The van der Waals surface area contributed by atoms with Crippen LogP contribution in [0.4, 0.5) is 4.39 Å². The van der Waals surface area contributed by atoms with E-state index in [0.717, 1.165) is 43.1 Å². The number of rotatable bonds is 5. The SMILES string of the molecule is CN1CCN(C(c2ccccc2)c2ccc(F)cc2)CC1(C)Cc1ccc2c(c1)OCO2. The topological polar surface area (TPSA) is 24.9 Å². The molecule has 32 heavy (non-hydrogen) atoms. The molecule has 2 heterocycles. The standard InChI is InChI=1S/C27H29FN2O2/c1-27(17-20-8-13-24-25(16-20)32-19-31-24)18-30(15-14-29(27)2)26(21-6-4-3-5-7-21)22-9-11-23(28)12-10-22/h3-13,16,26H,14-15,17-19H2,1-2H3. The molecule has 0 saturated carbocycles. The van der Waals surface area contributed by atoms with Crippen LogP contribution in [0.3, 0.4) is 0 Å². The van der Waals surface area contributed by atoms with Gasteiger partial charge in [0.05, 0.1) is 6.04 Å². The van der Waals surface area contributed by atoms with Crippen molar-refractivity contribution in [2.75, 3.05) is 33.5 Å². The number of halogens is 1. The van der Waals surface area contributed by atoms with Gasteiger partial charge < -0.3 is 9.47 Å². The molecule has 4 nitrogen and oxygen atoms in total. The summed E-state index contributed by atoms with van der Waals surface area (Å²) in [6.07, 6.45) is 0.904. The summed E-state index contributed by atoms with van der Waals surface area (Å²) in [6.45, 7) is 5.43. The molecule has 5 heteroatoms. The summed E-state index contributed by atoms with van der Waals surface area (Å²) in [4.78, 5) is 5.00. The van der Waals surface area contributed by atoms with Crippen LogP contribution in [-0.4, -0.2) is 48.8 Å². The van der Waals surface area contributed by atoms with Gasteiger partial charge in [-0.3, -0.25) is 9.80 Å². The highest BCUT2D eigenvalue weighted by Gasteiger charge is 2.39. The van der Waals surface area contributed by atoms with Gasteiger partial charge in [0, 0.05) is 25.2 Å². The fraction of sp³-hybridized carbons (Fsp3) is 0.333. The van der Waals surface area contributed by atoms with E-state index in [1.165, 1.54) is 11.1 Å². The molecule has 2 aliphatic heterocycles. The molecule has 3 aromatic rings. The van der Waals surface area contributed by atoms with Crippen LogP contribution >= 0.6 is 0 Å². The molecule has 5 rings (SSSR count). The Labute approximate surface area is 189 Å². The molecule has 166 valence electrons. The highest BCUT2D eigenvalue weighted by Crippen LogP contribution is 2.37. The van der Waals surface area contributed by atoms with Gasteiger partial charge in [0.1, 0.15) is 5.82 Å². The number of hydrogen-bond donors (Lipinski definition) is 0. The van der Waals surface area contributed by atoms with E-state index >= 15 is 0 Å². The fourth-order valence-corrected chi connectivity index (χ4v) is 4.98. The maximum Gasteiger partial charge on any atom is 0.231 e. The van der Waals surface area contributed by atoms with Gasteiger partial charge in [0.2, 0.25) is 6.79 Å². The summed E-state index contributed by atoms with van der Waals surface area (Å²) in [7, 11) is 2.21. The number of benzene rings is 3.